The number of nitrogen functional groups attached to an aromatic ring is 1. The molecule has 0 bridgehead atoms. The van der Waals surface area contributed by atoms with E-state index < -0.39 is 0 Å². The molecule has 4 aromatic rings. The van der Waals surface area contributed by atoms with E-state index in [0.717, 1.165) is 34.3 Å². The summed E-state index contributed by atoms with van der Waals surface area (Å²) in [5, 5.41) is 7.39. The summed E-state index contributed by atoms with van der Waals surface area (Å²) in [4.78, 5) is 17.1. The SMILES string of the molecule is COc1ccccc1CCNc1nc(N)nc(Nc2ccc3ncccc3c2)n1. The van der Waals surface area contributed by atoms with Crippen molar-refractivity contribution in [1.82, 2.24) is 19.9 Å². The van der Waals surface area contributed by atoms with Gasteiger partial charge in [-0.05, 0) is 42.3 Å². The van der Waals surface area contributed by atoms with Gasteiger partial charge < -0.3 is 21.1 Å². The molecule has 0 fully saturated rings. The molecule has 0 saturated heterocycles. The first kappa shape index (κ1) is 18.4. The van der Waals surface area contributed by atoms with Gasteiger partial charge in [-0.25, -0.2) is 0 Å². The zero-order valence-corrected chi connectivity index (χ0v) is 16.0. The molecule has 0 unspecified atom stereocenters. The highest BCUT2D eigenvalue weighted by molar-refractivity contribution is 5.82. The average molecular weight is 387 g/mol. The van der Waals surface area contributed by atoms with Crippen molar-refractivity contribution < 1.29 is 4.74 Å². The molecular formula is C21H21N7O. The van der Waals surface area contributed by atoms with Crippen LogP contribution in [0.3, 0.4) is 0 Å². The first-order valence-electron chi connectivity index (χ1n) is 9.20. The smallest absolute Gasteiger partial charge is 0.233 e. The third-order valence-electron chi connectivity index (χ3n) is 4.38. The first-order valence-corrected chi connectivity index (χ1v) is 9.20. The van der Waals surface area contributed by atoms with Crippen molar-refractivity contribution in [1.29, 1.82) is 0 Å². The topological polar surface area (TPSA) is 111 Å². The van der Waals surface area contributed by atoms with Crippen LogP contribution in [0.15, 0.2) is 60.8 Å². The Hall–Kier alpha value is -3.94. The van der Waals surface area contributed by atoms with Crippen LogP contribution >= 0.6 is 0 Å². The molecule has 0 aliphatic heterocycles. The van der Waals surface area contributed by atoms with Gasteiger partial charge >= 0.3 is 0 Å². The molecule has 0 aliphatic carbocycles. The minimum Gasteiger partial charge on any atom is -0.496 e. The van der Waals surface area contributed by atoms with Gasteiger partial charge in [-0.2, -0.15) is 15.0 Å². The van der Waals surface area contributed by atoms with Gasteiger partial charge in [-0.15, -0.1) is 0 Å². The molecule has 29 heavy (non-hydrogen) atoms. The van der Waals surface area contributed by atoms with Gasteiger partial charge in [-0.3, -0.25) is 4.98 Å². The standard InChI is InChI=1S/C21H21N7O/c1-29-18-7-3-2-5-14(18)10-12-24-20-26-19(22)27-21(28-20)25-16-8-9-17-15(13-16)6-4-11-23-17/h2-9,11,13H,10,12H2,1H3,(H4,22,24,25,26,27,28). The molecule has 146 valence electrons. The predicted molar refractivity (Wildman–Crippen MR) is 114 cm³/mol. The Morgan fingerprint density at radius 2 is 1.83 bits per heavy atom. The fourth-order valence-corrected chi connectivity index (χ4v) is 3.03. The van der Waals surface area contributed by atoms with Gasteiger partial charge in [0.25, 0.3) is 0 Å². The molecule has 4 N–H and O–H groups in total. The van der Waals surface area contributed by atoms with Crippen LogP contribution in [0.2, 0.25) is 0 Å². The molecule has 2 aromatic carbocycles. The van der Waals surface area contributed by atoms with Gasteiger partial charge in [-0.1, -0.05) is 24.3 Å². The Labute approximate surface area is 168 Å². The third-order valence-corrected chi connectivity index (χ3v) is 4.38. The quantitative estimate of drug-likeness (QED) is 0.442. The number of benzene rings is 2. The molecule has 0 atom stereocenters. The van der Waals surface area contributed by atoms with Crippen LogP contribution in [0, 0.1) is 0 Å². The van der Waals surface area contributed by atoms with E-state index in [-0.39, 0.29) is 5.95 Å². The Morgan fingerprint density at radius 3 is 2.72 bits per heavy atom. The lowest BCUT2D eigenvalue weighted by Gasteiger charge is -2.11. The third kappa shape index (κ3) is 4.49. The number of para-hydroxylation sites is 1. The monoisotopic (exact) mass is 387 g/mol. The van der Waals surface area contributed by atoms with Gasteiger partial charge in [0, 0.05) is 23.8 Å². The molecule has 0 amide bonds. The number of hydrogen-bond acceptors (Lipinski definition) is 8. The summed E-state index contributed by atoms with van der Waals surface area (Å²) in [5.41, 5.74) is 8.73. The van der Waals surface area contributed by atoms with E-state index in [0.29, 0.717) is 18.4 Å². The number of nitrogens with one attached hydrogen (secondary N) is 2. The highest BCUT2D eigenvalue weighted by Crippen LogP contribution is 2.21. The summed E-state index contributed by atoms with van der Waals surface area (Å²) in [6.45, 7) is 0.630. The number of fused-ring (bicyclic) bond motifs is 1. The second-order valence-corrected chi connectivity index (χ2v) is 6.37. The number of pyridine rings is 1. The molecule has 0 radical (unpaired) electrons. The van der Waals surface area contributed by atoms with Crippen LogP contribution in [0.25, 0.3) is 10.9 Å². The molecule has 4 rings (SSSR count). The van der Waals surface area contributed by atoms with Crippen molar-refractivity contribution in [2.75, 3.05) is 30.0 Å². The van der Waals surface area contributed by atoms with Gasteiger partial charge in [0.05, 0.1) is 12.6 Å². The molecule has 8 nitrogen and oxygen atoms in total. The number of ether oxygens (including phenoxy) is 1. The van der Waals surface area contributed by atoms with Crippen molar-refractivity contribution in [3.05, 3.63) is 66.4 Å². The number of hydrogen-bond donors (Lipinski definition) is 3. The van der Waals surface area contributed by atoms with Crippen molar-refractivity contribution in [2.45, 2.75) is 6.42 Å². The van der Waals surface area contributed by atoms with Crippen LogP contribution in [0.1, 0.15) is 5.56 Å². The molecule has 0 spiro atoms. The molecule has 0 aliphatic rings. The van der Waals surface area contributed by atoms with E-state index in [1.54, 1.807) is 13.3 Å². The summed E-state index contributed by atoms with van der Waals surface area (Å²) in [6.07, 6.45) is 2.53. The number of nitrogens with two attached hydrogens (primary N) is 1. The summed E-state index contributed by atoms with van der Waals surface area (Å²) in [5.74, 6) is 1.79. The van der Waals surface area contributed by atoms with Crippen LogP contribution in [-0.2, 0) is 6.42 Å². The van der Waals surface area contributed by atoms with E-state index >= 15 is 0 Å². The number of rotatable bonds is 7. The van der Waals surface area contributed by atoms with Crippen LogP contribution in [0.5, 0.6) is 5.75 Å². The van der Waals surface area contributed by atoms with Gasteiger partial charge in [0.2, 0.25) is 17.8 Å². The highest BCUT2D eigenvalue weighted by atomic mass is 16.5. The fourth-order valence-electron chi connectivity index (χ4n) is 3.03. The minimum absolute atomic E-state index is 0.143. The van der Waals surface area contributed by atoms with E-state index in [1.165, 1.54) is 0 Å². The van der Waals surface area contributed by atoms with Crippen molar-refractivity contribution >= 4 is 34.4 Å². The van der Waals surface area contributed by atoms with E-state index in [1.807, 2.05) is 54.6 Å². The zero-order valence-electron chi connectivity index (χ0n) is 16.0. The van der Waals surface area contributed by atoms with Crippen molar-refractivity contribution in [2.24, 2.45) is 0 Å². The summed E-state index contributed by atoms with van der Waals surface area (Å²) in [7, 11) is 1.67. The Balaban J connectivity index is 1.45. The van der Waals surface area contributed by atoms with E-state index in [2.05, 4.69) is 30.6 Å². The molecule has 8 heteroatoms. The van der Waals surface area contributed by atoms with Gasteiger partial charge in [0.1, 0.15) is 5.75 Å². The molecule has 2 heterocycles. The molecule has 2 aromatic heterocycles. The molecule has 0 saturated carbocycles. The molecular weight excluding hydrogens is 366 g/mol. The maximum absolute atomic E-state index is 5.86. The Kier molecular flexibility index (Phi) is 5.33. The second kappa shape index (κ2) is 8.39. The summed E-state index contributed by atoms with van der Waals surface area (Å²) in [6, 6.07) is 17.6. The van der Waals surface area contributed by atoms with E-state index in [4.69, 9.17) is 10.5 Å². The lowest BCUT2D eigenvalue weighted by Crippen LogP contribution is -2.12. The fraction of sp³-hybridized carbons (Fsp3) is 0.143. The van der Waals surface area contributed by atoms with E-state index in [9.17, 15) is 0 Å². The van der Waals surface area contributed by atoms with Gasteiger partial charge in [0.15, 0.2) is 0 Å². The largest absolute Gasteiger partial charge is 0.496 e. The normalized spacial score (nSPS) is 10.7. The Morgan fingerprint density at radius 1 is 0.966 bits per heavy atom. The maximum atomic E-state index is 5.86. The number of nitrogens with zero attached hydrogens (tertiary/aromatic N) is 4. The van der Waals surface area contributed by atoms with Crippen molar-refractivity contribution in [3.8, 4) is 5.75 Å². The zero-order chi connectivity index (χ0) is 20.1. The highest BCUT2D eigenvalue weighted by Gasteiger charge is 2.07. The number of methoxy groups -OCH3 is 1. The lowest BCUT2D eigenvalue weighted by molar-refractivity contribution is 0.410. The van der Waals surface area contributed by atoms with Crippen LogP contribution in [0.4, 0.5) is 23.5 Å². The van der Waals surface area contributed by atoms with Crippen LogP contribution in [-0.4, -0.2) is 33.6 Å². The minimum atomic E-state index is 0.143. The lowest BCUT2D eigenvalue weighted by atomic mass is 10.1. The number of anilines is 4. The summed E-state index contributed by atoms with van der Waals surface area (Å²) < 4.78 is 5.38. The first-order chi connectivity index (χ1) is 14.2. The average Bonchev–Trinajstić information content (AvgIpc) is 2.73. The second-order valence-electron chi connectivity index (χ2n) is 6.37. The number of aromatic nitrogens is 4. The maximum Gasteiger partial charge on any atom is 0.233 e. The summed E-state index contributed by atoms with van der Waals surface area (Å²) >= 11 is 0. The van der Waals surface area contributed by atoms with Crippen LogP contribution < -0.4 is 21.1 Å². The Bertz CT molecular complexity index is 1130. The predicted octanol–water partition coefficient (Wildman–Crippen LogP) is 3.41. The van der Waals surface area contributed by atoms with Crippen molar-refractivity contribution in [3.63, 3.8) is 0 Å².